The molecule has 1 aromatic rings. The van der Waals surface area contributed by atoms with E-state index in [-0.39, 0.29) is 0 Å². The molecule has 1 aromatic carbocycles. The van der Waals surface area contributed by atoms with Gasteiger partial charge in [-0.25, -0.2) is 18.0 Å². The smallest absolute Gasteiger partial charge is 0.332 e. The van der Waals surface area contributed by atoms with Gasteiger partial charge in [0.1, 0.15) is 6.61 Å². The van der Waals surface area contributed by atoms with Gasteiger partial charge in [0.15, 0.2) is 23.6 Å². The lowest BCUT2D eigenvalue weighted by atomic mass is 10.3. The fourth-order valence-electron chi connectivity index (χ4n) is 1.08. The molecule has 8 heteroatoms. The first-order valence-corrected chi connectivity index (χ1v) is 5.10. The van der Waals surface area contributed by atoms with E-state index in [1.165, 1.54) is 6.92 Å². The van der Waals surface area contributed by atoms with Crippen molar-refractivity contribution in [2.45, 2.75) is 13.0 Å². The molecule has 0 aliphatic heterocycles. The van der Waals surface area contributed by atoms with Crippen molar-refractivity contribution in [1.82, 2.24) is 0 Å². The number of carboxylic acids is 1. The fourth-order valence-corrected chi connectivity index (χ4v) is 1.08. The zero-order valence-corrected chi connectivity index (χ0v) is 9.75. The number of amides is 1. The molecule has 0 aliphatic carbocycles. The zero-order chi connectivity index (χ0) is 14.6. The Bertz CT molecular complexity index is 507. The lowest BCUT2D eigenvalue weighted by molar-refractivity contribution is -0.150. The van der Waals surface area contributed by atoms with Crippen LogP contribution in [0.5, 0.6) is 0 Å². The molecule has 0 saturated carbocycles. The van der Waals surface area contributed by atoms with E-state index >= 15 is 0 Å². The maximum Gasteiger partial charge on any atom is 0.332 e. The number of hydrogen-bond acceptors (Lipinski definition) is 3. The molecule has 5 nitrogen and oxygen atoms in total. The molecule has 0 spiro atoms. The predicted octanol–water partition coefficient (Wildman–Crippen LogP) is 1.53. The molecule has 0 fully saturated rings. The van der Waals surface area contributed by atoms with Gasteiger partial charge in [-0.15, -0.1) is 0 Å². The fraction of sp³-hybridized carbons (Fsp3) is 0.273. The largest absolute Gasteiger partial charge is 0.479 e. The standard InChI is InChI=1S/C11H10F3NO4/c1-5(11(17)18)19-4-8(16)15-7-3-2-6(12)9(13)10(7)14/h2-3,5H,4H2,1H3,(H,15,16)(H,17,18)/t5-/m0/s1. The van der Waals surface area contributed by atoms with E-state index < -0.39 is 47.7 Å². The number of rotatable bonds is 5. The first-order valence-electron chi connectivity index (χ1n) is 5.10. The number of anilines is 1. The van der Waals surface area contributed by atoms with Gasteiger partial charge in [0.2, 0.25) is 5.91 Å². The summed E-state index contributed by atoms with van der Waals surface area (Å²) >= 11 is 0. The molecular weight excluding hydrogens is 267 g/mol. The van der Waals surface area contributed by atoms with Gasteiger partial charge in [0.25, 0.3) is 0 Å². The Morgan fingerprint density at radius 1 is 1.32 bits per heavy atom. The molecule has 0 heterocycles. The molecule has 1 amide bonds. The first kappa shape index (κ1) is 15.0. The van der Waals surface area contributed by atoms with Crippen molar-refractivity contribution in [1.29, 1.82) is 0 Å². The second-order valence-corrected chi connectivity index (χ2v) is 3.56. The molecule has 1 atom stereocenters. The maximum absolute atomic E-state index is 13.2. The van der Waals surface area contributed by atoms with Gasteiger partial charge in [0.05, 0.1) is 5.69 Å². The van der Waals surface area contributed by atoms with Crippen molar-refractivity contribution in [3.63, 3.8) is 0 Å². The van der Waals surface area contributed by atoms with Crippen molar-refractivity contribution in [2.75, 3.05) is 11.9 Å². The van der Waals surface area contributed by atoms with E-state index in [1.807, 2.05) is 5.32 Å². The van der Waals surface area contributed by atoms with Crippen LogP contribution in [0, 0.1) is 17.5 Å². The Balaban J connectivity index is 2.63. The molecule has 0 aromatic heterocycles. The summed E-state index contributed by atoms with van der Waals surface area (Å²) < 4.78 is 43.3. The maximum atomic E-state index is 13.2. The SMILES string of the molecule is C[C@H](OCC(=O)Nc1ccc(F)c(F)c1F)C(=O)O. The number of carbonyl (C=O) groups is 2. The summed E-state index contributed by atoms with van der Waals surface area (Å²) in [4.78, 5) is 21.7. The van der Waals surface area contributed by atoms with Crippen LogP contribution in [0.15, 0.2) is 12.1 Å². The Morgan fingerprint density at radius 2 is 1.95 bits per heavy atom. The van der Waals surface area contributed by atoms with Gasteiger partial charge in [-0.05, 0) is 19.1 Å². The van der Waals surface area contributed by atoms with E-state index in [9.17, 15) is 22.8 Å². The quantitative estimate of drug-likeness (QED) is 0.800. The summed E-state index contributed by atoms with van der Waals surface area (Å²) in [6, 6.07) is 1.49. The number of ether oxygens (including phenoxy) is 1. The van der Waals surface area contributed by atoms with Crippen molar-refractivity contribution in [2.24, 2.45) is 0 Å². The molecule has 2 N–H and O–H groups in total. The minimum Gasteiger partial charge on any atom is -0.479 e. The summed E-state index contributed by atoms with van der Waals surface area (Å²) in [5.41, 5.74) is -0.560. The molecule has 104 valence electrons. The predicted molar refractivity (Wildman–Crippen MR) is 58.0 cm³/mol. The third kappa shape index (κ3) is 3.95. The monoisotopic (exact) mass is 277 g/mol. The highest BCUT2D eigenvalue weighted by atomic mass is 19.2. The van der Waals surface area contributed by atoms with Crippen LogP contribution in [0.3, 0.4) is 0 Å². The molecular formula is C11H10F3NO4. The van der Waals surface area contributed by atoms with Gasteiger partial charge in [-0.2, -0.15) is 0 Å². The van der Waals surface area contributed by atoms with Crippen LogP contribution in [-0.4, -0.2) is 29.7 Å². The second-order valence-electron chi connectivity index (χ2n) is 3.56. The summed E-state index contributed by atoms with van der Waals surface area (Å²) in [7, 11) is 0. The highest BCUT2D eigenvalue weighted by Gasteiger charge is 2.17. The van der Waals surface area contributed by atoms with Crippen LogP contribution < -0.4 is 5.32 Å². The molecule has 0 saturated heterocycles. The van der Waals surface area contributed by atoms with E-state index in [0.29, 0.717) is 6.07 Å². The number of halogens is 3. The van der Waals surface area contributed by atoms with Gasteiger partial charge in [-0.3, -0.25) is 4.79 Å². The van der Waals surface area contributed by atoms with Gasteiger partial charge >= 0.3 is 5.97 Å². The minimum atomic E-state index is -1.71. The van der Waals surface area contributed by atoms with Crippen LogP contribution in [0.4, 0.5) is 18.9 Å². The Morgan fingerprint density at radius 3 is 2.53 bits per heavy atom. The van der Waals surface area contributed by atoms with E-state index in [4.69, 9.17) is 5.11 Å². The molecule has 1 rings (SSSR count). The second kappa shape index (κ2) is 6.19. The number of aliphatic carboxylic acids is 1. The third-order valence-corrected chi connectivity index (χ3v) is 2.12. The van der Waals surface area contributed by atoms with E-state index in [1.54, 1.807) is 0 Å². The van der Waals surface area contributed by atoms with Crippen LogP contribution in [-0.2, 0) is 14.3 Å². The third-order valence-electron chi connectivity index (χ3n) is 2.12. The summed E-state index contributed by atoms with van der Waals surface area (Å²) in [5.74, 6) is -6.80. The Kier molecular flexibility index (Phi) is 4.87. The van der Waals surface area contributed by atoms with E-state index in [2.05, 4.69) is 4.74 Å². The van der Waals surface area contributed by atoms with Crippen molar-refractivity contribution >= 4 is 17.6 Å². The number of nitrogens with one attached hydrogen (secondary N) is 1. The summed E-state index contributed by atoms with van der Waals surface area (Å²) in [5, 5.41) is 10.4. The number of hydrogen-bond donors (Lipinski definition) is 2. The molecule has 0 unspecified atom stereocenters. The first-order chi connectivity index (χ1) is 8.82. The lowest BCUT2D eigenvalue weighted by Gasteiger charge is -2.10. The number of benzene rings is 1. The zero-order valence-electron chi connectivity index (χ0n) is 9.75. The Hall–Kier alpha value is -2.09. The molecule has 0 bridgehead atoms. The van der Waals surface area contributed by atoms with Crippen molar-refractivity contribution in [3.8, 4) is 0 Å². The van der Waals surface area contributed by atoms with Crippen LogP contribution in [0.2, 0.25) is 0 Å². The van der Waals surface area contributed by atoms with Crippen LogP contribution >= 0.6 is 0 Å². The van der Waals surface area contributed by atoms with Crippen molar-refractivity contribution in [3.05, 3.63) is 29.6 Å². The Labute approximate surface area is 106 Å². The van der Waals surface area contributed by atoms with Gasteiger partial charge < -0.3 is 15.2 Å². The molecule has 19 heavy (non-hydrogen) atoms. The summed E-state index contributed by atoms with van der Waals surface area (Å²) in [6.45, 7) is 0.541. The highest BCUT2D eigenvalue weighted by molar-refractivity contribution is 5.92. The molecule has 0 radical (unpaired) electrons. The topological polar surface area (TPSA) is 75.6 Å². The van der Waals surface area contributed by atoms with E-state index in [0.717, 1.165) is 6.07 Å². The van der Waals surface area contributed by atoms with Crippen LogP contribution in [0.25, 0.3) is 0 Å². The number of carboxylic acid groups (broad SMARTS) is 1. The van der Waals surface area contributed by atoms with Crippen LogP contribution in [0.1, 0.15) is 6.92 Å². The average Bonchev–Trinajstić information content (AvgIpc) is 2.36. The van der Waals surface area contributed by atoms with Gasteiger partial charge in [-0.1, -0.05) is 0 Å². The lowest BCUT2D eigenvalue weighted by Crippen LogP contribution is -2.26. The molecule has 0 aliphatic rings. The average molecular weight is 277 g/mol. The normalized spacial score (nSPS) is 12.0. The van der Waals surface area contributed by atoms with Crippen molar-refractivity contribution < 1.29 is 32.6 Å². The highest BCUT2D eigenvalue weighted by Crippen LogP contribution is 2.19. The minimum absolute atomic E-state index is 0.560. The van der Waals surface area contributed by atoms with Gasteiger partial charge in [0, 0.05) is 0 Å². The summed E-state index contributed by atoms with van der Waals surface area (Å²) in [6.07, 6.45) is -1.22. The number of carbonyl (C=O) groups excluding carboxylic acids is 1.